The molecule has 1 rings (SSSR count). The topological polar surface area (TPSA) is 26.0 Å². The molecule has 0 amide bonds. The van der Waals surface area contributed by atoms with Crippen molar-refractivity contribution in [1.82, 2.24) is 0 Å². The molecule has 72 valence electrons. The first-order chi connectivity index (χ1) is 5.65. The summed E-state index contributed by atoms with van der Waals surface area (Å²) in [5.41, 5.74) is 5.68. The van der Waals surface area contributed by atoms with E-state index in [9.17, 15) is 0 Å². The van der Waals surface area contributed by atoms with Crippen molar-refractivity contribution in [1.29, 1.82) is 0 Å². The first kappa shape index (κ1) is 10.0. The van der Waals surface area contributed by atoms with Gasteiger partial charge in [-0.2, -0.15) is 0 Å². The summed E-state index contributed by atoms with van der Waals surface area (Å²) in [5.74, 6) is 3.49. The molecule has 0 bridgehead atoms. The second-order valence-corrected chi connectivity index (χ2v) is 4.74. The van der Waals surface area contributed by atoms with Crippen LogP contribution in [0.1, 0.15) is 40.0 Å². The third-order valence-corrected chi connectivity index (χ3v) is 3.82. The van der Waals surface area contributed by atoms with E-state index in [1.54, 1.807) is 0 Å². The molecule has 1 fully saturated rings. The van der Waals surface area contributed by atoms with Gasteiger partial charge in [0, 0.05) is 0 Å². The van der Waals surface area contributed by atoms with Crippen molar-refractivity contribution in [3.05, 3.63) is 0 Å². The van der Waals surface area contributed by atoms with Gasteiger partial charge in [-0.05, 0) is 43.1 Å². The molecule has 1 heteroatoms. The quantitative estimate of drug-likeness (QED) is 0.675. The maximum Gasteiger partial charge on any atom is -0.00489 e. The lowest BCUT2D eigenvalue weighted by Gasteiger charge is -2.35. The highest BCUT2D eigenvalue weighted by Gasteiger charge is 2.27. The number of hydrogen-bond donors (Lipinski definition) is 1. The molecule has 2 N–H and O–H groups in total. The average molecular weight is 169 g/mol. The fraction of sp³-hybridized carbons (Fsp3) is 1.00. The lowest BCUT2D eigenvalue weighted by molar-refractivity contribution is 0.166. The maximum absolute atomic E-state index is 5.68. The number of rotatable bonds is 2. The van der Waals surface area contributed by atoms with Crippen LogP contribution in [0.3, 0.4) is 0 Å². The van der Waals surface area contributed by atoms with Crippen LogP contribution in [-0.4, -0.2) is 6.54 Å². The standard InChI is InChI=1S/C11H23N/c1-8-4-5-11(6-9(8)2)10(3)7-12/h8-11H,4-7,12H2,1-3H3. The molecule has 1 nitrogen and oxygen atoms in total. The largest absolute Gasteiger partial charge is 0.330 e. The van der Waals surface area contributed by atoms with Gasteiger partial charge in [-0.15, -0.1) is 0 Å². The Morgan fingerprint density at radius 2 is 1.92 bits per heavy atom. The van der Waals surface area contributed by atoms with Crippen LogP contribution in [0.15, 0.2) is 0 Å². The van der Waals surface area contributed by atoms with Crippen molar-refractivity contribution < 1.29 is 0 Å². The summed E-state index contributed by atoms with van der Waals surface area (Å²) in [7, 11) is 0. The lowest BCUT2D eigenvalue weighted by atomic mass is 9.72. The summed E-state index contributed by atoms with van der Waals surface area (Å²) in [5, 5.41) is 0. The lowest BCUT2D eigenvalue weighted by Crippen LogP contribution is -2.28. The SMILES string of the molecule is CC1CCC(C(C)CN)CC1C. The van der Waals surface area contributed by atoms with Crippen molar-refractivity contribution in [2.24, 2.45) is 29.4 Å². The van der Waals surface area contributed by atoms with Crippen LogP contribution in [0.5, 0.6) is 0 Å². The van der Waals surface area contributed by atoms with Crippen LogP contribution in [0, 0.1) is 23.7 Å². The van der Waals surface area contributed by atoms with Gasteiger partial charge in [-0.1, -0.05) is 27.2 Å². The second-order valence-electron chi connectivity index (χ2n) is 4.74. The van der Waals surface area contributed by atoms with Crippen LogP contribution in [0.2, 0.25) is 0 Å². The Labute approximate surface area is 76.7 Å². The Kier molecular flexibility index (Phi) is 3.57. The van der Waals surface area contributed by atoms with Crippen molar-refractivity contribution in [2.75, 3.05) is 6.54 Å². The zero-order valence-corrected chi connectivity index (χ0v) is 8.72. The Morgan fingerprint density at radius 1 is 1.25 bits per heavy atom. The predicted octanol–water partition coefficient (Wildman–Crippen LogP) is 2.65. The molecule has 4 unspecified atom stereocenters. The van der Waals surface area contributed by atoms with E-state index in [2.05, 4.69) is 20.8 Å². The van der Waals surface area contributed by atoms with E-state index >= 15 is 0 Å². The zero-order valence-electron chi connectivity index (χ0n) is 8.72. The fourth-order valence-electron chi connectivity index (χ4n) is 2.30. The van der Waals surface area contributed by atoms with Crippen molar-refractivity contribution in [2.45, 2.75) is 40.0 Å². The van der Waals surface area contributed by atoms with E-state index in [1.807, 2.05) is 0 Å². The molecule has 0 spiro atoms. The van der Waals surface area contributed by atoms with Gasteiger partial charge in [0.15, 0.2) is 0 Å². The molecule has 0 radical (unpaired) electrons. The minimum absolute atomic E-state index is 0.736. The molecule has 1 saturated carbocycles. The van der Waals surface area contributed by atoms with Crippen LogP contribution in [0.4, 0.5) is 0 Å². The van der Waals surface area contributed by atoms with Crippen LogP contribution in [0.25, 0.3) is 0 Å². The van der Waals surface area contributed by atoms with E-state index in [4.69, 9.17) is 5.73 Å². The van der Waals surface area contributed by atoms with E-state index in [0.29, 0.717) is 0 Å². The molecule has 4 atom stereocenters. The Morgan fingerprint density at radius 3 is 2.42 bits per heavy atom. The molecule has 12 heavy (non-hydrogen) atoms. The first-order valence-electron chi connectivity index (χ1n) is 5.35. The first-order valence-corrected chi connectivity index (χ1v) is 5.35. The molecule has 0 aromatic heterocycles. The highest BCUT2D eigenvalue weighted by atomic mass is 14.6. The van der Waals surface area contributed by atoms with E-state index in [-0.39, 0.29) is 0 Å². The molecule has 0 aromatic carbocycles. The molecule has 0 aliphatic heterocycles. The van der Waals surface area contributed by atoms with Gasteiger partial charge in [0.05, 0.1) is 0 Å². The minimum atomic E-state index is 0.736. The normalized spacial score (nSPS) is 39.5. The van der Waals surface area contributed by atoms with Gasteiger partial charge in [0.2, 0.25) is 0 Å². The smallest absolute Gasteiger partial charge is 0.00489 e. The third kappa shape index (κ3) is 2.22. The molecule has 0 aromatic rings. The van der Waals surface area contributed by atoms with E-state index in [1.165, 1.54) is 19.3 Å². The molecule has 1 aliphatic rings. The average Bonchev–Trinajstić information content (AvgIpc) is 2.08. The highest BCUT2D eigenvalue weighted by molar-refractivity contribution is 4.78. The second kappa shape index (κ2) is 4.27. The highest BCUT2D eigenvalue weighted by Crippen LogP contribution is 2.36. The van der Waals surface area contributed by atoms with Crippen molar-refractivity contribution in [3.63, 3.8) is 0 Å². The number of hydrogen-bond acceptors (Lipinski definition) is 1. The summed E-state index contributed by atoms with van der Waals surface area (Å²) in [6.07, 6.45) is 4.22. The molecule has 1 aliphatic carbocycles. The zero-order chi connectivity index (χ0) is 9.14. The number of nitrogens with two attached hydrogens (primary N) is 1. The van der Waals surface area contributed by atoms with Crippen molar-refractivity contribution >= 4 is 0 Å². The molecular formula is C11H23N. The molecule has 0 heterocycles. The van der Waals surface area contributed by atoms with Gasteiger partial charge in [-0.25, -0.2) is 0 Å². The summed E-state index contributed by atoms with van der Waals surface area (Å²) < 4.78 is 0. The Hall–Kier alpha value is -0.0400. The van der Waals surface area contributed by atoms with Crippen molar-refractivity contribution in [3.8, 4) is 0 Å². The summed E-state index contributed by atoms with van der Waals surface area (Å²) in [6.45, 7) is 7.94. The fourth-order valence-corrected chi connectivity index (χ4v) is 2.30. The Bertz CT molecular complexity index is 133. The predicted molar refractivity (Wildman–Crippen MR) is 53.9 cm³/mol. The van der Waals surface area contributed by atoms with Gasteiger partial charge >= 0.3 is 0 Å². The summed E-state index contributed by atoms with van der Waals surface area (Å²) in [6, 6.07) is 0. The van der Waals surface area contributed by atoms with Crippen LogP contribution >= 0.6 is 0 Å². The van der Waals surface area contributed by atoms with E-state index < -0.39 is 0 Å². The summed E-state index contributed by atoms with van der Waals surface area (Å²) >= 11 is 0. The van der Waals surface area contributed by atoms with Gasteiger partial charge < -0.3 is 5.73 Å². The minimum Gasteiger partial charge on any atom is -0.330 e. The molecular weight excluding hydrogens is 146 g/mol. The Balaban J connectivity index is 2.39. The monoisotopic (exact) mass is 169 g/mol. The molecule has 0 saturated heterocycles. The van der Waals surface area contributed by atoms with Gasteiger partial charge in [0.1, 0.15) is 0 Å². The maximum atomic E-state index is 5.68. The third-order valence-electron chi connectivity index (χ3n) is 3.82. The van der Waals surface area contributed by atoms with Crippen LogP contribution < -0.4 is 5.73 Å². The van der Waals surface area contributed by atoms with Gasteiger partial charge in [-0.3, -0.25) is 0 Å². The van der Waals surface area contributed by atoms with Gasteiger partial charge in [0.25, 0.3) is 0 Å². The van der Waals surface area contributed by atoms with Crippen LogP contribution in [-0.2, 0) is 0 Å². The summed E-state index contributed by atoms with van der Waals surface area (Å²) in [4.78, 5) is 0. The van der Waals surface area contributed by atoms with E-state index in [0.717, 1.165) is 30.2 Å².